The number of benzene rings is 2. The summed E-state index contributed by atoms with van der Waals surface area (Å²) in [6.45, 7) is 0. The van der Waals surface area contributed by atoms with Crippen molar-refractivity contribution in [2.45, 2.75) is 0 Å². The minimum atomic E-state index is 0.482. The number of hydrogen-bond donors (Lipinski definition) is 0. The molecule has 0 amide bonds. The van der Waals surface area contributed by atoms with Crippen molar-refractivity contribution in [3.63, 3.8) is 0 Å². The Bertz CT molecular complexity index is 963. The average Bonchev–Trinajstić information content (AvgIpc) is 2.92. The molecule has 21 heavy (non-hydrogen) atoms. The van der Waals surface area contributed by atoms with Crippen molar-refractivity contribution < 1.29 is 4.85 Å². The van der Waals surface area contributed by atoms with Gasteiger partial charge in [0.1, 0.15) is 5.52 Å². The van der Waals surface area contributed by atoms with Crippen LogP contribution >= 0.6 is 11.6 Å². The normalized spacial score (nSPS) is 11.3. The van der Waals surface area contributed by atoms with Gasteiger partial charge in [-0.3, -0.25) is 0 Å². The first kappa shape index (κ1) is 12.1. The molecular formula is C15H9ClN4O. The zero-order valence-corrected chi connectivity index (χ0v) is 11.5. The Morgan fingerprint density at radius 1 is 1.05 bits per heavy atom. The molecule has 4 aromatic rings. The van der Waals surface area contributed by atoms with Gasteiger partial charge < -0.3 is 5.21 Å². The Morgan fingerprint density at radius 2 is 1.81 bits per heavy atom. The van der Waals surface area contributed by atoms with Gasteiger partial charge >= 0.3 is 0 Å². The Labute approximate surface area is 124 Å². The number of aromatic nitrogens is 4. The lowest BCUT2D eigenvalue weighted by Crippen LogP contribution is -2.33. The van der Waals surface area contributed by atoms with E-state index in [0.717, 1.165) is 16.6 Å². The maximum absolute atomic E-state index is 12.1. The van der Waals surface area contributed by atoms with Crippen molar-refractivity contribution in [2.24, 2.45) is 0 Å². The molecule has 0 fully saturated rings. The maximum Gasteiger partial charge on any atom is 0.270 e. The summed E-state index contributed by atoms with van der Waals surface area (Å²) in [6.07, 6.45) is 1.71. The van der Waals surface area contributed by atoms with Gasteiger partial charge in [-0.15, -0.1) is 0 Å². The van der Waals surface area contributed by atoms with Crippen LogP contribution in [-0.4, -0.2) is 14.7 Å². The number of nitrogens with zero attached hydrogens (tertiary/aromatic N) is 4. The third-order valence-electron chi connectivity index (χ3n) is 3.40. The maximum atomic E-state index is 12.1. The molecule has 0 saturated carbocycles. The summed E-state index contributed by atoms with van der Waals surface area (Å²) in [5.74, 6) is 0. The lowest BCUT2D eigenvalue weighted by molar-refractivity contribution is -0.640. The van der Waals surface area contributed by atoms with Crippen LogP contribution in [0.5, 0.6) is 0 Å². The Hall–Kier alpha value is -2.66. The zero-order chi connectivity index (χ0) is 14.4. The Kier molecular flexibility index (Phi) is 2.55. The molecule has 0 aliphatic carbocycles. The van der Waals surface area contributed by atoms with E-state index >= 15 is 0 Å². The molecule has 0 N–H and O–H groups in total. The van der Waals surface area contributed by atoms with Crippen molar-refractivity contribution >= 4 is 28.3 Å². The molecule has 0 spiro atoms. The highest BCUT2D eigenvalue weighted by atomic mass is 35.5. The van der Waals surface area contributed by atoms with Crippen molar-refractivity contribution in [3.05, 3.63) is 65.0 Å². The summed E-state index contributed by atoms with van der Waals surface area (Å²) in [5, 5.41) is 21.2. The number of para-hydroxylation sites is 2. The topological polar surface area (TPSA) is 57.1 Å². The standard InChI is InChI=1S/C15H9ClN4O/c16-11-7-5-10(6-8-11)12-9-17-19-13-3-1-2-4-14(13)20(21)18-15(12)19/h1-9H. The average molecular weight is 297 g/mol. The summed E-state index contributed by atoms with van der Waals surface area (Å²) >= 11 is 5.90. The van der Waals surface area contributed by atoms with Gasteiger partial charge in [-0.2, -0.15) is 5.10 Å². The van der Waals surface area contributed by atoms with Gasteiger partial charge in [-0.1, -0.05) is 35.9 Å². The molecule has 2 aromatic carbocycles. The third kappa shape index (κ3) is 1.82. The second-order valence-corrected chi connectivity index (χ2v) is 5.10. The van der Waals surface area contributed by atoms with Crippen LogP contribution < -0.4 is 4.85 Å². The van der Waals surface area contributed by atoms with Crippen LogP contribution in [0.25, 0.3) is 27.8 Å². The van der Waals surface area contributed by atoms with Crippen LogP contribution in [0.3, 0.4) is 0 Å². The van der Waals surface area contributed by atoms with Gasteiger partial charge in [0, 0.05) is 16.2 Å². The zero-order valence-electron chi connectivity index (χ0n) is 10.8. The molecule has 0 bridgehead atoms. The van der Waals surface area contributed by atoms with E-state index in [2.05, 4.69) is 10.2 Å². The molecule has 0 saturated heterocycles. The first-order valence-corrected chi connectivity index (χ1v) is 6.74. The van der Waals surface area contributed by atoms with Crippen LogP contribution in [0.4, 0.5) is 0 Å². The highest BCUT2D eigenvalue weighted by molar-refractivity contribution is 6.30. The largest absolute Gasteiger partial charge is 0.594 e. The van der Waals surface area contributed by atoms with Gasteiger partial charge in [0.15, 0.2) is 0 Å². The highest BCUT2D eigenvalue weighted by Gasteiger charge is 2.16. The predicted octanol–water partition coefficient (Wildman–Crippen LogP) is 2.84. The fraction of sp³-hybridized carbons (Fsp3) is 0. The number of hydrogen-bond acceptors (Lipinski definition) is 3. The van der Waals surface area contributed by atoms with E-state index in [0.29, 0.717) is 21.0 Å². The van der Waals surface area contributed by atoms with Crippen molar-refractivity contribution in [2.75, 3.05) is 0 Å². The SMILES string of the molecule is [O-][n+]1nc2c(-c3ccc(Cl)cc3)cnn2c2ccccc21. The van der Waals surface area contributed by atoms with Crippen LogP contribution in [0.2, 0.25) is 5.02 Å². The molecule has 0 atom stereocenters. The Morgan fingerprint density at radius 3 is 2.62 bits per heavy atom. The first-order valence-electron chi connectivity index (χ1n) is 6.36. The number of fused-ring (bicyclic) bond motifs is 3. The molecule has 2 aromatic heterocycles. The van der Waals surface area contributed by atoms with E-state index in [1.54, 1.807) is 35.0 Å². The van der Waals surface area contributed by atoms with Gasteiger partial charge in [0.05, 0.1) is 11.8 Å². The van der Waals surface area contributed by atoms with Gasteiger partial charge in [0.2, 0.25) is 5.65 Å². The van der Waals surface area contributed by atoms with Crippen LogP contribution in [0, 0.1) is 5.21 Å². The van der Waals surface area contributed by atoms with Gasteiger partial charge in [-0.25, -0.2) is 4.52 Å². The van der Waals surface area contributed by atoms with Gasteiger partial charge in [-0.05, 0) is 28.6 Å². The number of halogens is 1. The quantitative estimate of drug-likeness (QED) is 0.401. The second kappa shape index (κ2) is 4.43. The minimum Gasteiger partial charge on any atom is -0.594 e. The van der Waals surface area contributed by atoms with Crippen molar-refractivity contribution in [1.82, 2.24) is 14.7 Å². The van der Waals surface area contributed by atoms with E-state index in [9.17, 15) is 5.21 Å². The molecule has 0 aliphatic heterocycles. The smallest absolute Gasteiger partial charge is 0.270 e. The third-order valence-corrected chi connectivity index (χ3v) is 3.65. The molecule has 0 unspecified atom stereocenters. The molecule has 5 nitrogen and oxygen atoms in total. The van der Waals surface area contributed by atoms with Crippen LogP contribution in [0.1, 0.15) is 0 Å². The minimum absolute atomic E-state index is 0.482. The van der Waals surface area contributed by atoms with E-state index in [-0.39, 0.29) is 0 Å². The van der Waals surface area contributed by atoms with E-state index in [1.165, 1.54) is 0 Å². The Balaban J connectivity index is 2.06. The molecule has 6 heteroatoms. The summed E-state index contributed by atoms with van der Waals surface area (Å²) in [6, 6.07) is 14.6. The lowest BCUT2D eigenvalue weighted by Gasteiger charge is -2.02. The highest BCUT2D eigenvalue weighted by Crippen LogP contribution is 2.25. The van der Waals surface area contributed by atoms with Gasteiger partial charge in [0.25, 0.3) is 5.52 Å². The molecule has 0 aliphatic rings. The molecule has 2 heterocycles. The second-order valence-electron chi connectivity index (χ2n) is 4.66. The summed E-state index contributed by atoms with van der Waals surface area (Å²) in [7, 11) is 0. The first-order chi connectivity index (χ1) is 10.2. The van der Waals surface area contributed by atoms with E-state index in [1.807, 2.05) is 24.3 Å². The summed E-state index contributed by atoms with van der Waals surface area (Å²) in [4.78, 5) is 0.631. The fourth-order valence-corrected chi connectivity index (χ4v) is 2.52. The fourth-order valence-electron chi connectivity index (χ4n) is 2.39. The van der Waals surface area contributed by atoms with Crippen molar-refractivity contribution in [3.8, 4) is 11.1 Å². The number of rotatable bonds is 1. The summed E-state index contributed by atoms with van der Waals surface area (Å²) in [5.41, 5.74) is 3.43. The van der Waals surface area contributed by atoms with E-state index < -0.39 is 0 Å². The molecule has 4 rings (SSSR count). The van der Waals surface area contributed by atoms with Crippen LogP contribution in [-0.2, 0) is 0 Å². The monoisotopic (exact) mass is 296 g/mol. The van der Waals surface area contributed by atoms with Crippen LogP contribution in [0.15, 0.2) is 54.7 Å². The van der Waals surface area contributed by atoms with E-state index in [4.69, 9.17) is 11.6 Å². The predicted molar refractivity (Wildman–Crippen MR) is 79.9 cm³/mol. The molecular weight excluding hydrogens is 288 g/mol. The summed E-state index contributed by atoms with van der Waals surface area (Å²) < 4.78 is 1.67. The molecule has 0 radical (unpaired) electrons. The lowest BCUT2D eigenvalue weighted by atomic mass is 10.1. The molecule has 102 valence electrons. The van der Waals surface area contributed by atoms with Crippen molar-refractivity contribution in [1.29, 1.82) is 0 Å².